The fourth-order valence-corrected chi connectivity index (χ4v) is 3.37. The smallest absolute Gasteiger partial charge is 0.233 e. The van der Waals surface area contributed by atoms with Crippen LogP contribution in [-0.4, -0.2) is 12.1 Å². The van der Waals surface area contributed by atoms with Gasteiger partial charge in [-0.25, -0.2) is 0 Å². The Morgan fingerprint density at radius 2 is 1.64 bits per heavy atom. The minimum absolute atomic E-state index is 0.195. The third-order valence-corrected chi connectivity index (χ3v) is 5.23. The Labute approximate surface area is 193 Å². The summed E-state index contributed by atoms with van der Waals surface area (Å²) < 4.78 is 17.1. The number of ether oxygens (including phenoxy) is 2. The Hall–Kier alpha value is -4.24. The summed E-state index contributed by atoms with van der Waals surface area (Å²) in [7, 11) is 1.58. The number of nitrogens with one attached hydrogen (secondary N) is 1. The third kappa shape index (κ3) is 5.16. The number of hydrogen-bond acceptors (Lipinski definition) is 6. The number of anilines is 1. The van der Waals surface area contributed by atoms with E-state index in [1.165, 1.54) is 5.56 Å². The van der Waals surface area contributed by atoms with Gasteiger partial charge >= 0.3 is 0 Å². The minimum atomic E-state index is 0.195. The number of rotatable bonds is 8. The highest BCUT2D eigenvalue weighted by atomic mass is 16.5. The van der Waals surface area contributed by atoms with Crippen LogP contribution in [0.15, 0.2) is 77.2 Å². The van der Waals surface area contributed by atoms with Crippen molar-refractivity contribution in [1.82, 2.24) is 4.98 Å². The molecule has 6 heteroatoms. The fraction of sp³-hybridized carbons (Fsp3) is 0.185. The summed E-state index contributed by atoms with van der Waals surface area (Å²) in [5.74, 6) is 3.33. The van der Waals surface area contributed by atoms with Crippen molar-refractivity contribution in [3.63, 3.8) is 0 Å². The largest absolute Gasteiger partial charge is 0.496 e. The lowest BCUT2D eigenvalue weighted by atomic mass is 10.0. The molecular formula is C27H25N3O3. The van der Waals surface area contributed by atoms with Gasteiger partial charge in [0.05, 0.1) is 12.7 Å². The maximum absolute atomic E-state index is 9.47. The van der Waals surface area contributed by atoms with Gasteiger partial charge in [0.1, 0.15) is 23.3 Å². The summed E-state index contributed by atoms with van der Waals surface area (Å²) in [6.07, 6.45) is 0. The molecule has 0 saturated carbocycles. The zero-order chi connectivity index (χ0) is 23.2. The van der Waals surface area contributed by atoms with Crippen LogP contribution in [0.25, 0.3) is 11.5 Å². The Morgan fingerprint density at radius 1 is 0.970 bits per heavy atom. The van der Waals surface area contributed by atoms with Crippen LogP contribution in [0.4, 0.5) is 5.88 Å². The van der Waals surface area contributed by atoms with E-state index in [1.54, 1.807) is 7.11 Å². The number of oxazole rings is 1. The molecule has 0 aliphatic carbocycles. The Kier molecular flexibility index (Phi) is 6.61. The van der Waals surface area contributed by atoms with Gasteiger partial charge in [-0.2, -0.15) is 10.2 Å². The molecule has 166 valence electrons. The number of aromatic nitrogens is 1. The highest BCUT2D eigenvalue weighted by Gasteiger charge is 2.17. The average molecular weight is 440 g/mol. The van der Waals surface area contributed by atoms with Crippen molar-refractivity contribution in [1.29, 1.82) is 5.26 Å². The van der Waals surface area contributed by atoms with Crippen LogP contribution in [-0.2, 0) is 6.54 Å². The predicted molar refractivity (Wildman–Crippen MR) is 128 cm³/mol. The number of benzene rings is 3. The van der Waals surface area contributed by atoms with Crippen molar-refractivity contribution in [2.75, 3.05) is 12.4 Å². The van der Waals surface area contributed by atoms with Gasteiger partial charge in [0, 0.05) is 6.54 Å². The van der Waals surface area contributed by atoms with E-state index in [0.717, 1.165) is 17.1 Å². The summed E-state index contributed by atoms with van der Waals surface area (Å²) in [6.45, 7) is 4.80. The molecule has 4 rings (SSSR count). The molecule has 0 bridgehead atoms. The summed E-state index contributed by atoms with van der Waals surface area (Å²) in [4.78, 5) is 4.31. The van der Waals surface area contributed by atoms with Crippen molar-refractivity contribution in [3.8, 4) is 34.8 Å². The van der Waals surface area contributed by atoms with Gasteiger partial charge < -0.3 is 19.2 Å². The van der Waals surface area contributed by atoms with E-state index >= 15 is 0 Å². The van der Waals surface area contributed by atoms with Crippen molar-refractivity contribution in [2.24, 2.45) is 0 Å². The van der Waals surface area contributed by atoms with Crippen LogP contribution in [0, 0.1) is 11.3 Å². The summed E-state index contributed by atoms with van der Waals surface area (Å²) in [5.41, 5.74) is 3.17. The monoisotopic (exact) mass is 439 g/mol. The molecular weight excluding hydrogens is 414 g/mol. The molecule has 0 aliphatic rings. The van der Waals surface area contributed by atoms with Crippen molar-refractivity contribution in [2.45, 2.75) is 26.3 Å². The van der Waals surface area contributed by atoms with Crippen LogP contribution >= 0.6 is 0 Å². The quantitative estimate of drug-likeness (QED) is 0.327. The SMILES string of the molecule is COc1ccccc1-c1nc(C#N)c(NCc2ccc(Oc3ccc(C(C)C)cc3)cc2)o1. The lowest BCUT2D eigenvalue weighted by molar-refractivity contribution is 0.414. The molecule has 0 spiro atoms. The first kappa shape index (κ1) is 22.0. The molecule has 0 fully saturated rings. The highest BCUT2D eigenvalue weighted by molar-refractivity contribution is 5.65. The van der Waals surface area contributed by atoms with Crippen LogP contribution < -0.4 is 14.8 Å². The van der Waals surface area contributed by atoms with Gasteiger partial charge in [-0.3, -0.25) is 0 Å². The Bertz CT molecular complexity index is 1250. The van der Waals surface area contributed by atoms with Gasteiger partial charge in [0.2, 0.25) is 17.5 Å². The molecule has 0 unspecified atom stereocenters. The molecule has 33 heavy (non-hydrogen) atoms. The Morgan fingerprint density at radius 3 is 2.27 bits per heavy atom. The molecule has 0 saturated heterocycles. The van der Waals surface area contributed by atoms with Crippen molar-refractivity contribution < 1.29 is 13.9 Å². The second-order valence-electron chi connectivity index (χ2n) is 7.83. The van der Waals surface area contributed by atoms with Gasteiger partial charge in [0.15, 0.2) is 0 Å². The summed E-state index contributed by atoms with van der Waals surface area (Å²) in [5, 5.41) is 12.6. The Balaban J connectivity index is 1.42. The number of nitriles is 1. The van der Waals surface area contributed by atoms with Crippen molar-refractivity contribution >= 4 is 5.88 Å². The van der Waals surface area contributed by atoms with E-state index in [2.05, 4.69) is 42.4 Å². The topological polar surface area (TPSA) is 80.3 Å². The van der Waals surface area contributed by atoms with Crippen LogP contribution in [0.1, 0.15) is 36.6 Å². The number of hydrogen-bond donors (Lipinski definition) is 1. The van der Waals surface area contributed by atoms with Crippen LogP contribution in [0.5, 0.6) is 17.2 Å². The molecule has 0 atom stereocenters. The van der Waals surface area contributed by atoms with E-state index in [-0.39, 0.29) is 5.69 Å². The second kappa shape index (κ2) is 9.92. The van der Waals surface area contributed by atoms with Gasteiger partial charge in [0.25, 0.3) is 0 Å². The maximum atomic E-state index is 9.47. The van der Waals surface area contributed by atoms with E-state index in [4.69, 9.17) is 13.9 Å². The lowest BCUT2D eigenvalue weighted by Gasteiger charge is -2.09. The number of nitrogens with zero attached hydrogens (tertiary/aromatic N) is 2. The third-order valence-electron chi connectivity index (χ3n) is 5.23. The molecule has 3 aromatic carbocycles. The fourth-order valence-electron chi connectivity index (χ4n) is 3.37. The summed E-state index contributed by atoms with van der Waals surface area (Å²) >= 11 is 0. The van der Waals surface area contributed by atoms with Gasteiger partial charge in [-0.05, 0) is 53.4 Å². The molecule has 1 aromatic heterocycles. The van der Waals surface area contributed by atoms with Crippen molar-refractivity contribution in [3.05, 3.63) is 89.6 Å². The molecule has 0 radical (unpaired) electrons. The first-order chi connectivity index (χ1) is 16.1. The molecule has 6 nitrogen and oxygen atoms in total. The van der Waals surface area contributed by atoms with Crippen LogP contribution in [0.3, 0.4) is 0 Å². The first-order valence-corrected chi connectivity index (χ1v) is 10.7. The van der Waals surface area contributed by atoms with E-state index in [9.17, 15) is 5.26 Å². The minimum Gasteiger partial charge on any atom is -0.496 e. The average Bonchev–Trinajstić information content (AvgIpc) is 3.27. The lowest BCUT2D eigenvalue weighted by Crippen LogP contribution is -1.99. The molecule has 0 aliphatic heterocycles. The normalized spacial score (nSPS) is 10.6. The molecule has 1 N–H and O–H groups in total. The van der Waals surface area contributed by atoms with E-state index in [0.29, 0.717) is 35.6 Å². The predicted octanol–water partition coefficient (Wildman–Crippen LogP) is 6.75. The van der Waals surface area contributed by atoms with Gasteiger partial charge in [-0.15, -0.1) is 0 Å². The first-order valence-electron chi connectivity index (χ1n) is 10.7. The maximum Gasteiger partial charge on any atom is 0.233 e. The zero-order valence-corrected chi connectivity index (χ0v) is 18.8. The van der Waals surface area contributed by atoms with E-state index in [1.807, 2.05) is 60.7 Å². The van der Waals surface area contributed by atoms with E-state index < -0.39 is 0 Å². The van der Waals surface area contributed by atoms with Gasteiger partial charge in [-0.1, -0.05) is 50.2 Å². The highest BCUT2D eigenvalue weighted by Crippen LogP contribution is 2.32. The summed E-state index contributed by atoms with van der Waals surface area (Å²) in [6, 6.07) is 25.4. The molecule has 0 amide bonds. The van der Waals surface area contributed by atoms with Crippen LogP contribution in [0.2, 0.25) is 0 Å². The number of methoxy groups -OCH3 is 1. The molecule has 1 heterocycles. The molecule has 4 aromatic rings. The standard InChI is InChI=1S/C27H25N3O3/c1-18(2)20-10-14-22(15-11-20)32-21-12-8-19(9-13-21)17-29-27-24(16-28)30-26(33-27)23-6-4-5-7-25(23)31-3/h4-15,18,29H,17H2,1-3H3. The zero-order valence-electron chi connectivity index (χ0n) is 18.8. The number of para-hydroxylation sites is 1. The second-order valence-corrected chi connectivity index (χ2v) is 7.83.